The van der Waals surface area contributed by atoms with Crippen LogP contribution in [0.2, 0.25) is 0 Å². The Morgan fingerprint density at radius 2 is 1.92 bits per heavy atom. The standard InChI is InChI=1S/C19H24N2O3/c1-11(2)14-8-16(12(3)4)18(22)17(9-14)19(23)21-20-10-15-7-6-13(5)24-15/h6-12,22H,1-5H3,(H,21,23). The largest absolute Gasteiger partial charge is 0.507 e. The molecule has 1 aromatic heterocycles. The summed E-state index contributed by atoms with van der Waals surface area (Å²) in [4.78, 5) is 12.4. The number of carbonyl (C=O) groups excluding carboxylic acids is 1. The maximum atomic E-state index is 12.4. The van der Waals surface area contributed by atoms with Gasteiger partial charge in [-0.05, 0) is 48.1 Å². The van der Waals surface area contributed by atoms with Gasteiger partial charge in [0.05, 0.1) is 11.8 Å². The van der Waals surface area contributed by atoms with Gasteiger partial charge in [0.2, 0.25) is 0 Å². The molecule has 1 amide bonds. The van der Waals surface area contributed by atoms with Crippen molar-refractivity contribution in [2.75, 3.05) is 0 Å². The van der Waals surface area contributed by atoms with Crippen LogP contribution in [0.5, 0.6) is 5.75 Å². The van der Waals surface area contributed by atoms with Crippen LogP contribution in [0.3, 0.4) is 0 Å². The monoisotopic (exact) mass is 328 g/mol. The van der Waals surface area contributed by atoms with Crippen molar-refractivity contribution in [2.45, 2.75) is 46.5 Å². The summed E-state index contributed by atoms with van der Waals surface area (Å²) in [5.41, 5.74) is 4.44. The highest BCUT2D eigenvalue weighted by atomic mass is 16.3. The van der Waals surface area contributed by atoms with Crippen molar-refractivity contribution in [3.8, 4) is 5.75 Å². The van der Waals surface area contributed by atoms with E-state index in [0.29, 0.717) is 5.76 Å². The number of hydrazone groups is 1. The van der Waals surface area contributed by atoms with E-state index in [2.05, 4.69) is 24.4 Å². The smallest absolute Gasteiger partial charge is 0.275 e. The summed E-state index contributed by atoms with van der Waals surface area (Å²) in [7, 11) is 0. The van der Waals surface area contributed by atoms with Gasteiger partial charge in [0.15, 0.2) is 0 Å². The van der Waals surface area contributed by atoms with Gasteiger partial charge in [-0.25, -0.2) is 5.43 Å². The molecule has 0 radical (unpaired) electrons. The molecule has 0 bridgehead atoms. The number of furan rings is 1. The first-order valence-electron chi connectivity index (χ1n) is 8.06. The lowest BCUT2D eigenvalue weighted by atomic mass is 9.92. The van der Waals surface area contributed by atoms with E-state index in [0.717, 1.165) is 16.9 Å². The first-order valence-corrected chi connectivity index (χ1v) is 8.06. The molecule has 2 rings (SSSR count). The highest BCUT2D eigenvalue weighted by Gasteiger charge is 2.19. The molecular formula is C19H24N2O3. The molecule has 2 aromatic rings. The maximum absolute atomic E-state index is 12.4. The van der Waals surface area contributed by atoms with Crippen molar-refractivity contribution in [1.82, 2.24) is 5.43 Å². The van der Waals surface area contributed by atoms with E-state index < -0.39 is 5.91 Å². The molecule has 0 saturated carbocycles. The molecule has 0 unspecified atom stereocenters. The first kappa shape index (κ1) is 17.8. The quantitative estimate of drug-likeness (QED) is 0.634. The van der Waals surface area contributed by atoms with Crippen LogP contribution in [-0.2, 0) is 0 Å². The fourth-order valence-corrected chi connectivity index (χ4v) is 2.36. The lowest BCUT2D eigenvalue weighted by Crippen LogP contribution is -2.18. The predicted molar refractivity (Wildman–Crippen MR) is 94.8 cm³/mol. The zero-order valence-corrected chi connectivity index (χ0v) is 14.8. The third-order valence-electron chi connectivity index (χ3n) is 3.81. The van der Waals surface area contributed by atoms with Crippen LogP contribution in [0, 0.1) is 6.92 Å². The van der Waals surface area contributed by atoms with Crippen molar-refractivity contribution >= 4 is 12.1 Å². The molecule has 5 heteroatoms. The Labute approximate surface area is 142 Å². The van der Waals surface area contributed by atoms with Crippen molar-refractivity contribution in [3.63, 3.8) is 0 Å². The average Bonchev–Trinajstić information content (AvgIpc) is 2.92. The summed E-state index contributed by atoms with van der Waals surface area (Å²) in [5.74, 6) is 1.25. The molecule has 0 saturated heterocycles. The summed E-state index contributed by atoms with van der Waals surface area (Å²) in [5, 5.41) is 14.3. The predicted octanol–water partition coefficient (Wildman–Crippen LogP) is 4.30. The fraction of sp³-hybridized carbons (Fsp3) is 0.368. The number of phenols is 1. The van der Waals surface area contributed by atoms with Gasteiger partial charge < -0.3 is 9.52 Å². The second-order valence-electron chi connectivity index (χ2n) is 6.46. The fourth-order valence-electron chi connectivity index (χ4n) is 2.36. The summed E-state index contributed by atoms with van der Waals surface area (Å²) >= 11 is 0. The van der Waals surface area contributed by atoms with Gasteiger partial charge >= 0.3 is 0 Å². The molecule has 1 heterocycles. The highest BCUT2D eigenvalue weighted by molar-refractivity contribution is 5.98. The summed E-state index contributed by atoms with van der Waals surface area (Å²) < 4.78 is 5.35. The van der Waals surface area contributed by atoms with Gasteiger partial charge in [-0.3, -0.25) is 4.79 Å². The van der Waals surface area contributed by atoms with Crippen molar-refractivity contribution < 1.29 is 14.3 Å². The van der Waals surface area contributed by atoms with Gasteiger partial charge in [0, 0.05) is 0 Å². The number of rotatable bonds is 5. The lowest BCUT2D eigenvalue weighted by Gasteiger charge is -2.16. The molecule has 0 fully saturated rings. The van der Waals surface area contributed by atoms with E-state index in [1.807, 2.05) is 32.9 Å². The first-order chi connectivity index (χ1) is 11.3. The van der Waals surface area contributed by atoms with E-state index in [1.54, 1.807) is 12.1 Å². The van der Waals surface area contributed by atoms with E-state index >= 15 is 0 Å². The summed E-state index contributed by atoms with van der Waals surface area (Å²) in [6.07, 6.45) is 1.43. The van der Waals surface area contributed by atoms with E-state index in [-0.39, 0.29) is 23.1 Å². The van der Waals surface area contributed by atoms with Crippen LogP contribution in [0.25, 0.3) is 0 Å². The van der Waals surface area contributed by atoms with Crippen LogP contribution < -0.4 is 5.43 Å². The number of phenolic OH excluding ortho intramolecular Hbond substituents is 1. The zero-order chi connectivity index (χ0) is 17.9. The summed E-state index contributed by atoms with van der Waals surface area (Å²) in [6.45, 7) is 9.90. The van der Waals surface area contributed by atoms with E-state index in [1.165, 1.54) is 6.21 Å². The number of nitrogens with zero attached hydrogens (tertiary/aromatic N) is 1. The Hall–Kier alpha value is -2.56. The third kappa shape index (κ3) is 4.04. The minimum Gasteiger partial charge on any atom is -0.507 e. The second kappa shape index (κ2) is 7.34. The molecule has 24 heavy (non-hydrogen) atoms. The van der Waals surface area contributed by atoms with Crippen LogP contribution in [-0.4, -0.2) is 17.2 Å². The number of aryl methyl sites for hydroxylation is 1. The Balaban J connectivity index is 2.26. The van der Waals surface area contributed by atoms with Crippen LogP contribution in [0.15, 0.2) is 33.8 Å². The van der Waals surface area contributed by atoms with E-state index in [4.69, 9.17) is 4.42 Å². The van der Waals surface area contributed by atoms with Crippen molar-refractivity contribution in [3.05, 3.63) is 52.5 Å². The topological polar surface area (TPSA) is 74.8 Å². The molecule has 2 N–H and O–H groups in total. The number of aromatic hydroxyl groups is 1. The minimum atomic E-state index is -0.448. The number of carbonyl (C=O) groups is 1. The molecule has 0 aliphatic heterocycles. The van der Waals surface area contributed by atoms with Crippen molar-refractivity contribution in [1.29, 1.82) is 0 Å². The van der Waals surface area contributed by atoms with Gasteiger partial charge in [-0.2, -0.15) is 5.10 Å². The molecule has 0 spiro atoms. The molecule has 1 aromatic carbocycles. The van der Waals surface area contributed by atoms with Crippen molar-refractivity contribution in [2.24, 2.45) is 5.10 Å². The van der Waals surface area contributed by atoms with Gasteiger partial charge in [-0.1, -0.05) is 33.8 Å². The SMILES string of the molecule is Cc1ccc(C=NNC(=O)c2cc(C(C)C)cc(C(C)C)c2O)o1. The van der Waals surface area contributed by atoms with Gasteiger partial charge in [-0.15, -0.1) is 0 Å². The third-order valence-corrected chi connectivity index (χ3v) is 3.81. The Morgan fingerprint density at radius 1 is 1.21 bits per heavy atom. The number of hydrogen-bond acceptors (Lipinski definition) is 4. The molecule has 5 nitrogen and oxygen atoms in total. The molecule has 0 aliphatic carbocycles. The average molecular weight is 328 g/mol. The minimum absolute atomic E-state index is 0.0101. The Kier molecular flexibility index (Phi) is 5.44. The lowest BCUT2D eigenvalue weighted by molar-refractivity contribution is 0.0952. The van der Waals surface area contributed by atoms with Gasteiger partial charge in [0.1, 0.15) is 17.3 Å². The Morgan fingerprint density at radius 3 is 2.46 bits per heavy atom. The summed E-state index contributed by atoms with van der Waals surface area (Å²) in [6, 6.07) is 7.25. The van der Waals surface area contributed by atoms with E-state index in [9.17, 15) is 9.90 Å². The highest BCUT2D eigenvalue weighted by Crippen LogP contribution is 2.33. The zero-order valence-electron chi connectivity index (χ0n) is 14.8. The molecular weight excluding hydrogens is 304 g/mol. The van der Waals surface area contributed by atoms with Crippen LogP contribution in [0.1, 0.15) is 72.5 Å². The number of benzene rings is 1. The molecule has 0 aliphatic rings. The molecule has 0 atom stereocenters. The normalized spacial score (nSPS) is 11.6. The Bertz CT molecular complexity index is 758. The number of hydrogen-bond donors (Lipinski definition) is 2. The molecule has 128 valence electrons. The number of amides is 1. The number of nitrogens with one attached hydrogen (secondary N) is 1. The van der Waals surface area contributed by atoms with Crippen LogP contribution in [0.4, 0.5) is 0 Å². The second-order valence-corrected chi connectivity index (χ2v) is 6.46. The van der Waals surface area contributed by atoms with Crippen LogP contribution >= 0.6 is 0 Å². The van der Waals surface area contributed by atoms with Gasteiger partial charge in [0.25, 0.3) is 5.91 Å². The maximum Gasteiger partial charge on any atom is 0.275 e.